The largest absolute Gasteiger partial charge is 0.375 e. The summed E-state index contributed by atoms with van der Waals surface area (Å²) in [6.45, 7) is 3.00. The normalized spacial score (nSPS) is 28.7. The van der Waals surface area contributed by atoms with Gasteiger partial charge in [0.1, 0.15) is 0 Å². The molecule has 1 saturated carbocycles. The first-order valence-corrected chi connectivity index (χ1v) is 7.16. The lowest BCUT2D eigenvalue weighted by atomic mass is 9.90. The number of morpholine rings is 1. The molecule has 2 rings (SSSR count). The molecule has 3 N–H and O–H groups in total. The molecule has 2 aliphatic rings. The first-order chi connectivity index (χ1) is 8.81. The van der Waals surface area contributed by atoms with Gasteiger partial charge in [-0.2, -0.15) is 0 Å². The maximum Gasteiger partial charge on any atom is 0.233 e. The highest BCUT2D eigenvalue weighted by molar-refractivity contribution is 5.75. The van der Waals surface area contributed by atoms with Gasteiger partial charge in [0.15, 0.2) is 0 Å². The van der Waals surface area contributed by atoms with Gasteiger partial charge < -0.3 is 4.74 Å². The van der Waals surface area contributed by atoms with Crippen molar-refractivity contribution in [2.45, 2.75) is 57.1 Å². The third-order valence-electron chi connectivity index (χ3n) is 4.11. The van der Waals surface area contributed by atoms with Crippen molar-refractivity contribution in [1.29, 1.82) is 0 Å². The van der Waals surface area contributed by atoms with E-state index in [9.17, 15) is 4.79 Å². The fourth-order valence-corrected chi connectivity index (χ4v) is 3.13. The number of amides is 1. The second-order valence-electron chi connectivity index (χ2n) is 5.32. The molecule has 1 amide bonds. The number of hydrazine groups is 1. The van der Waals surface area contributed by atoms with Crippen LogP contribution in [0.15, 0.2) is 0 Å². The summed E-state index contributed by atoms with van der Waals surface area (Å²) in [5.74, 6) is 5.00. The summed E-state index contributed by atoms with van der Waals surface area (Å²) in [6, 6.07) is 0.621. The van der Waals surface area contributed by atoms with E-state index in [0.29, 0.717) is 18.6 Å². The standard InChI is InChI=1S/C13H25N3O2/c14-15-13(17)7-3-4-8-16-9-10-18-12-6-2-1-5-11(12)16/h11-12H,1-10,14H2,(H,15,17). The second kappa shape index (κ2) is 7.07. The van der Waals surface area contributed by atoms with Crippen LogP contribution < -0.4 is 11.3 Å². The molecule has 2 atom stereocenters. The lowest BCUT2D eigenvalue weighted by molar-refractivity contribution is -0.121. The fraction of sp³-hybridized carbons (Fsp3) is 0.923. The summed E-state index contributed by atoms with van der Waals surface area (Å²) in [5.41, 5.74) is 2.18. The predicted octanol–water partition coefficient (Wildman–Crippen LogP) is 0.790. The van der Waals surface area contributed by atoms with E-state index in [1.165, 1.54) is 25.7 Å². The monoisotopic (exact) mass is 255 g/mol. The summed E-state index contributed by atoms with van der Waals surface area (Å²) in [6.07, 6.45) is 8.11. The third kappa shape index (κ3) is 3.67. The number of nitrogens with two attached hydrogens (primary N) is 1. The van der Waals surface area contributed by atoms with Crippen LogP contribution in [0.3, 0.4) is 0 Å². The van der Waals surface area contributed by atoms with E-state index in [-0.39, 0.29) is 5.91 Å². The van der Waals surface area contributed by atoms with Crippen LogP contribution in [0.4, 0.5) is 0 Å². The van der Waals surface area contributed by atoms with Gasteiger partial charge in [-0.1, -0.05) is 12.8 Å². The van der Waals surface area contributed by atoms with Crippen LogP contribution in [0, 0.1) is 0 Å². The molecule has 0 aromatic rings. The topological polar surface area (TPSA) is 67.6 Å². The molecule has 0 radical (unpaired) electrons. The average Bonchev–Trinajstić information content (AvgIpc) is 2.43. The zero-order valence-corrected chi connectivity index (χ0v) is 11.1. The molecule has 1 aliphatic carbocycles. The Hall–Kier alpha value is -0.650. The Morgan fingerprint density at radius 2 is 2.17 bits per heavy atom. The Balaban J connectivity index is 1.69. The number of carbonyl (C=O) groups excluding carboxylic acids is 1. The molecule has 0 aromatic heterocycles. The van der Waals surface area contributed by atoms with Gasteiger partial charge in [0.05, 0.1) is 12.7 Å². The Morgan fingerprint density at radius 3 is 3.00 bits per heavy atom. The highest BCUT2D eigenvalue weighted by Gasteiger charge is 2.33. The summed E-state index contributed by atoms with van der Waals surface area (Å²) in [4.78, 5) is 13.6. The van der Waals surface area contributed by atoms with Gasteiger partial charge in [-0.3, -0.25) is 15.1 Å². The Labute approximate surface area is 109 Å². The molecule has 5 heteroatoms. The smallest absolute Gasteiger partial charge is 0.233 e. The number of nitrogens with one attached hydrogen (secondary N) is 1. The van der Waals surface area contributed by atoms with Crippen molar-refractivity contribution in [2.24, 2.45) is 5.84 Å². The van der Waals surface area contributed by atoms with Gasteiger partial charge in [-0.25, -0.2) is 5.84 Å². The Kier molecular flexibility index (Phi) is 5.41. The quantitative estimate of drug-likeness (QED) is 0.330. The number of unbranched alkanes of at least 4 members (excludes halogenated alkanes) is 1. The third-order valence-corrected chi connectivity index (χ3v) is 4.11. The summed E-state index contributed by atoms with van der Waals surface area (Å²) in [5, 5.41) is 0. The van der Waals surface area contributed by atoms with Gasteiger partial charge in [-0.15, -0.1) is 0 Å². The van der Waals surface area contributed by atoms with Gasteiger partial charge in [-0.05, 0) is 32.2 Å². The van der Waals surface area contributed by atoms with Crippen molar-refractivity contribution in [3.8, 4) is 0 Å². The van der Waals surface area contributed by atoms with Crippen LogP contribution in [0.2, 0.25) is 0 Å². The lowest BCUT2D eigenvalue weighted by Crippen LogP contribution is -2.52. The molecule has 5 nitrogen and oxygen atoms in total. The van der Waals surface area contributed by atoms with E-state index >= 15 is 0 Å². The Bertz CT molecular complexity index is 271. The number of hydrogen-bond donors (Lipinski definition) is 2. The molecule has 2 fully saturated rings. The zero-order chi connectivity index (χ0) is 12.8. The van der Waals surface area contributed by atoms with Crippen LogP contribution in [0.25, 0.3) is 0 Å². The van der Waals surface area contributed by atoms with Gasteiger partial charge in [0, 0.05) is 19.0 Å². The van der Waals surface area contributed by atoms with E-state index in [1.807, 2.05) is 0 Å². The van der Waals surface area contributed by atoms with E-state index in [2.05, 4.69) is 10.3 Å². The van der Waals surface area contributed by atoms with E-state index in [1.54, 1.807) is 0 Å². The van der Waals surface area contributed by atoms with Gasteiger partial charge in [0.25, 0.3) is 0 Å². The fourth-order valence-electron chi connectivity index (χ4n) is 3.13. The van der Waals surface area contributed by atoms with Crippen LogP contribution in [0.5, 0.6) is 0 Å². The van der Waals surface area contributed by atoms with E-state index in [0.717, 1.165) is 32.5 Å². The summed E-state index contributed by atoms with van der Waals surface area (Å²) >= 11 is 0. The first kappa shape index (κ1) is 13.8. The van der Waals surface area contributed by atoms with Gasteiger partial charge in [0.2, 0.25) is 5.91 Å². The van der Waals surface area contributed by atoms with Gasteiger partial charge >= 0.3 is 0 Å². The molecule has 2 unspecified atom stereocenters. The molecule has 0 spiro atoms. The molecule has 0 bridgehead atoms. The van der Waals surface area contributed by atoms with E-state index < -0.39 is 0 Å². The maximum absolute atomic E-state index is 11.0. The molecule has 0 aromatic carbocycles. The predicted molar refractivity (Wildman–Crippen MR) is 69.8 cm³/mol. The average molecular weight is 255 g/mol. The number of carbonyl (C=O) groups is 1. The highest BCUT2D eigenvalue weighted by Crippen LogP contribution is 2.28. The number of ether oxygens (including phenoxy) is 1. The molecule has 104 valence electrons. The number of fused-ring (bicyclic) bond motifs is 1. The summed E-state index contributed by atoms with van der Waals surface area (Å²) in [7, 11) is 0. The zero-order valence-electron chi connectivity index (χ0n) is 11.1. The lowest BCUT2D eigenvalue weighted by Gasteiger charge is -2.43. The molecule has 1 aliphatic heterocycles. The Morgan fingerprint density at radius 1 is 1.33 bits per heavy atom. The molecular formula is C13H25N3O2. The molecule has 1 heterocycles. The minimum atomic E-state index is -0.0625. The number of nitrogens with zero attached hydrogens (tertiary/aromatic N) is 1. The maximum atomic E-state index is 11.0. The SMILES string of the molecule is NNC(=O)CCCCN1CCOC2CCCCC21. The highest BCUT2D eigenvalue weighted by atomic mass is 16.5. The number of hydrogen-bond acceptors (Lipinski definition) is 4. The molecular weight excluding hydrogens is 230 g/mol. The van der Waals surface area contributed by atoms with E-state index in [4.69, 9.17) is 10.6 Å². The van der Waals surface area contributed by atoms with Crippen molar-refractivity contribution in [3.63, 3.8) is 0 Å². The molecule has 18 heavy (non-hydrogen) atoms. The van der Waals surface area contributed by atoms with Crippen molar-refractivity contribution in [2.75, 3.05) is 19.7 Å². The van der Waals surface area contributed by atoms with Crippen LogP contribution in [-0.4, -0.2) is 42.6 Å². The van der Waals surface area contributed by atoms with Crippen molar-refractivity contribution in [1.82, 2.24) is 10.3 Å². The first-order valence-electron chi connectivity index (χ1n) is 7.16. The minimum Gasteiger partial charge on any atom is -0.375 e. The van der Waals surface area contributed by atoms with Crippen molar-refractivity contribution < 1.29 is 9.53 Å². The van der Waals surface area contributed by atoms with Crippen molar-refractivity contribution in [3.05, 3.63) is 0 Å². The minimum absolute atomic E-state index is 0.0625. The van der Waals surface area contributed by atoms with Crippen LogP contribution >= 0.6 is 0 Å². The summed E-state index contributed by atoms with van der Waals surface area (Å²) < 4.78 is 5.85. The second-order valence-corrected chi connectivity index (χ2v) is 5.32. The van der Waals surface area contributed by atoms with Crippen LogP contribution in [-0.2, 0) is 9.53 Å². The van der Waals surface area contributed by atoms with Crippen molar-refractivity contribution >= 4 is 5.91 Å². The molecule has 1 saturated heterocycles. The number of rotatable bonds is 5. The van der Waals surface area contributed by atoms with Crippen LogP contribution in [0.1, 0.15) is 44.9 Å².